The first kappa shape index (κ1) is 15.3. The number of hydrogen-bond donors (Lipinski definition) is 1. The van der Waals surface area contributed by atoms with Crippen LogP contribution < -0.4 is 5.73 Å². The molecule has 2 N–H and O–H groups in total. The molecule has 1 amide bonds. The quantitative estimate of drug-likeness (QED) is 0.932. The summed E-state index contributed by atoms with van der Waals surface area (Å²) in [6.45, 7) is 0.393. The number of nitrogens with zero attached hydrogens (tertiary/aromatic N) is 1. The van der Waals surface area contributed by atoms with Crippen molar-refractivity contribution in [1.29, 1.82) is 0 Å². The topological polar surface area (TPSA) is 46.3 Å². The fourth-order valence-electron chi connectivity index (χ4n) is 2.75. The Kier molecular flexibility index (Phi) is 5.00. The SMILES string of the molecule is CN(Cc1ccc(F)cc1Cl)C(=O)[C@H]1CCC[C@H](N)C1. The first-order valence-corrected chi connectivity index (χ1v) is 7.29. The lowest BCUT2D eigenvalue weighted by atomic mass is 9.85. The smallest absolute Gasteiger partial charge is 0.225 e. The molecular formula is C15H20ClFN2O. The molecule has 1 aromatic carbocycles. The van der Waals surface area contributed by atoms with Gasteiger partial charge in [-0.05, 0) is 37.0 Å². The van der Waals surface area contributed by atoms with E-state index in [4.69, 9.17) is 17.3 Å². The molecule has 20 heavy (non-hydrogen) atoms. The van der Waals surface area contributed by atoms with Crippen molar-refractivity contribution in [3.63, 3.8) is 0 Å². The molecule has 0 saturated heterocycles. The van der Waals surface area contributed by atoms with E-state index in [2.05, 4.69) is 0 Å². The van der Waals surface area contributed by atoms with Crippen molar-refractivity contribution in [3.8, 4) is 0 Å². The Morgan fingerprint density at radius 3 is 2.90 bits per heavy atom. The monoisotopic (exact) mass is 298 g/mol. The maximum atomic E-state index is 13.0. The molecule has 0 radical (unpaired) electrons. The van der Waals surface area contributed by atoms with Gasteiger partial charge >= 0.3 is 0 Å². The van der Waals surface area contributed by atoms with Crippen LogP contribution >= 0.6 is 11.6 Å². The van der Waals surface area contributed by atoms with E-state index in [-0.39, 0.29) is 23.7 Å². The maximum Gasteiger partial charge on any atom is 0.225 e. The predicted molar refractivity (Wildman–Crippen MR) is 77.8 cm³/mol. The van der Waals surface area contributed by atoms with E-state index in [9.17, 15) is 9.18 Å². The lowest BCUT2D eigenvalue weighted by Crippen LogP contribution is -2.38. The van der Waals surface area contributed by atoms with Crippen molar-refractivity contribution in [3.05, 3.63) is 34.6 Å². The van der Waals surface area contributed by atoms with Crippen LogP contribution in [0.5, 0.6) is 0 Å². The molecule has 1 aromatic rings. The van der Waals surface area contributed by atoms with Crippen LogP contribution in [0.1, 0.15) is 31.2 Å². The third-order valence-corrected chi connectivity index (χ3v) is 4.21. The Morgan fingerprint density at radius 2 is 2.25 bits per heavy atom. The summed E-state index contributed by atoms with van der Waals surface area (Å²) in [5, 5.41) is 0.352. The second-order valence-electron chi connectivity index (χ2n) is 5.55. The largest absolute Gasteiger partial charge is 0.341 e. The van der Waals surface area contributed by atoms with E-state index >= 15 is 0 Å². The number of halogens is 2. The van der Waals surface area contributed by atoms with E-state index in [1.807, 2.05) is 0 Å². The minimum Gasteiger partial charge on any atom is -0.341 e. The number of hydrogen-bond acceptors (Lipinski definition) is 2. The number of benzene rings is 1. The molecular weight excluding hydrogens is 279 g/mol. The highest BCUT2D eigenvalue weighted by atomic mass is 35.5. The van der Waals surface area contributed by atoms with Crippen LogP contribution in [0.25, 0.3) is 0 Å². The fraction of sp³-hybridized carbons (Fsp3) is 0.533. The van der Waals surface area contributed by atoms with Gasteiger partial charge in [-0.3, -0.25) is 4.79 Å². The summed E-state index contributed by atoms with van der Waals surface area (Å²) in [5.41, 5.74) is 6.68. The molecule has 1 fully saturated rings. The summed E-state index contributed by atoms with van der Waals surface area (Å²) in [7, 11) is 1.75. The van der Waals surface area contributed by atoms with Gasteiger partial charge in [-0.1, -0.05) is 24.1 Å². The van der Waals surface area contributed by atoms with Crippen molar-refractivity contribution in [2.75, 3.05) is 7.05 Å². The Bertz CT molecular complexity index is 495. The normalized spacial score (nSPS) is 22.6. The van der Waals surface area contributed by atoms with Gasteiger partial charge in [0.15, 0.2) is 0 Å². The van der Waals surface area contributed by atoms with Crippen LogP contribution in [0.2, 0.25) is 5.02 Å². The zero-order valence-electron chi connectivity index (χ0n) is 11.6. The maximum absolute atomic E-state index is 13.0. The van der Waals surface area contributed by atoms with Gasteiger partial charge in [0.25, 0.3) is 0 Å². The molecule has 0 spiro atoms. The van der Waals surface area contributed by atoms with Gasteiger partial charge in [0.2, 0.25) is 5.91 Å². The van der Waals surface area contributed by atoms with Gasteiger partial charge in [-0.2, -0.15) is 0 Å². The summed E-state index contributed by atoms with van der Waals surface area (Å²) >= 11 is 5.99. The Morgan fingerprint density at radius 1 is 1.50 bits per heavy atom. The number of carbonyl (C=O) groups is 1. The van der Waals surface area contributed by atoms with Gasteiger partial charge in [-0.25, -0.2) is 4.39 Å². The average Bonchev–Trinajstić information content (AvgIpc) is 2.41. The summed E-state index contributed by atoms with van der Waals surface area (Å²) in [6.07, 6.45) is 3.65. The molecule has 0 aromatic heterocycles. The molecule has 110 valence electrons. The van der Waals surface area contributed by atoms with Gasteiger partial charge < -0.3 is 10.6 Å². The molecule has 0 unspecified atom stereocenters. The van der Waals surface area contributed by atoms with Crippen LogP contribution in [0, 0.1) is 11.7 Å². The van der Waals surface area contributed by atoms with Crippen molar-refractivity contribution >= 4 is 17.5 Å². The third-order valence-electron chi connectivity index (χ3n) is 3.86. The highest BCUT2D eigenvalue weighted by molar-refractivity contribution is 6.31. The highest BCUT2D eigenvalue weighted by Gasteiger charge is 2.27. The average molecular weight is 299 g/mol. The second kappa shape index (κ2) is 6.55. The number of carbonyl (C=O) groups excluding carboxylic acids is 1. The fourth-order valence-corrected chi connectivity index (χ4v) is 2.97. The van der Waals surface area contributed by atoms with Crippen LogP contribution in [0.3, 0.4) is 0 Å². The van der Waals surface area contributed by atoms with E-state index in [0.29, 0.717) is 11.6 Å². The van der Waals surface area contributed by atoms with Crippen molar-refractivity contribution in [2.24, 2.45) is 11.7 Å². The number of nitrogens with two attached hydrogens (primary N) is 1. The molecule has 0 heterocycles. The highest BCUT2D eigenvalue weighted by Crippen LogP contribution is 2.26. The number of rotatable bonds is 3. The van der Waals surface area contributed by atoms with E-state index < -0.39 is 0 Å². The van der Waals surface area contributed by atoms with E-state index in [1.165, 1.54) is 12.1 Å². The molecule has 1 aliphatic rings. The molecule has 2 atom stereocenters. The molecule has 1 saturated carbocycles. The van der Waals surface area contributed by atoms with E-state index in [1.54, 1.807) is 18.0 Å². The first-order valence-electron chi connectivity index (χ1n) is 6.92. The molecule has 3 nitrogen and oxygen atoms in total. The third kappa shape index (κ3) is 3.70. The van der Waals surface area contributed by atoms with E-state index in [0.717, 1.165) is 31.2 Å². The van der Waals surface area contributed by atoms with Crippen molar-refractivity contribution in [1.82, 2.24) is 4.90 Å². The number of amides is 1. The summed E-state index contributed by atoms with van der Waals surface area (Å²) in [6, 6.07) is 4.37. The summed E-state index contributed by atoms with van der Waals surface area (Å²) in [5.74, 6) is -0.269. The van der Waals surface area contributed by atoms with Crippen LogP contribution in [0.15, 0.2) is 18.2 Å². The van der Waals surface area contributed by atoms with Crippen LogP contribution in [-0.4, -0.2) is 23.9 Å². The molecule has 0 bridgehead atoms. The Labute approximate surface area is 123 Å². The molecule has 2 rings (SSSR count). The van der Waals surface area contributed by atoms with Crippen LogP contribution in [-0.2, 0) is 11.3 Å². The lowest BCUT2D eigenvalue weighted by molar-refractivity contribution is -0.135. The van der Waals surface area contributed by atoms with Gasteiger partial charge in [0.1, 0.15) is 5.82 Å². The Balaban J connectivity index is 2.00. The summed E-state index contributed by atoms with van der Waals surface area (Å²) < 4.78 is 13.0. The second-order valence-corrected chi connectivity index (χ2v) is 5.96. The zero-order valence-corrected chi connectivity index (χ0v) is 12.4. The van der Waals surface area contributed by atoms with Crippen LogP contribution in [0.4, 0.5) is 4.39 Å². The minimum atomic E-state index is -0.369. The zero-order chi connectivity index (χ0) is 14.7. The lowest BCUT2D eigenvalue weighted by Gasteiger charge is -2.29. The van der Waals surface area contributed by atoms with Gasteiger partial charge in [0, 0.05) is 30.6 Å². The Hall–Kier alpha value is -1.13. The minimum absolute atomic E-state index is 0.00275. The van der Waals surface area contributed by atoms with Crippen molar-refractivity contribution in [2.45, 2.75) is 38.3 Å². The van der Waals surface area contributed by atoms with Crippen molar-refractivity contribution < 1.29 is 9.18 Å². The predicted octanol–water partition coefficient (Wildman–Crippen LogP) is 2.96. The molecule has 1 aliphatic carbocycles. The standard InChI is InChI=1S/C15H20ClFN2O/c1-19(9-11-5-6-12(17)8-14(11)16)15(20)10-3-2-4-13(18)7-10/h5-6,8,10,13H,2-4,7,9,18H2,1H3/t10-,13-/m0/s1. The molecule has 0 aliphatic heterocycles. The first-order chi connectivity index (χ1) is 9.47. The molecule has 5 heteroatoms. The van der Waals surface area contributed by atoms with Gasteiger partial charge in [-0.15, -0.1) is 0 Å². The summed E-state index contributed by atoms with van der Waals surface area (Å²) in [4.78, 5) is 14.0. The van der Waals surface area contributed by atoms with Gasteiger partial charge in [0.05, 0.1) is 0 Å².